The summed E-state index contributed by atoms with van der Waals surface area (Å²) in [7, 11) is 0. The Hall–Kier alpha value is -1.06. The standard InChI is InChI=1S/C14H17ClN2O/c15-7-10-17-8-5-11(6-9-17)14-12-3-1-2-4-13(12)18-16-14/h1-4,11H,5-10H2. The van der Waals surface area contributed by atoms with E-state index in [-0.39, 0.29) is 0 Å². The quantitative estimate of drug-likeness (QED) is 0.797. The Morgan fingerprint density at radius 2 is 2.06 bits per heavy atom. The summed E-state index contributed by atoms with van der Waals surface area (Å²) in [5.74, 6) is 1.25. The van der Waals surface area contributed by atoms with E-state index in [1.165, 1.54) is 5.39 Å². The predicted molar refractivity (Wildman–Crippen MR) is 73.1 cm³/mol. The largest absolute Gasteiger partial charge is 0.356 e. The van der Waals surface area contributed by atoms with Crippen molar-refractivity contribution in [2.45, 2.75) is 18.8 Å². The van der Waals surface area contributed by atoms with Gasteiger partial charge in [-0.15, -0.1) is 11.6 Å². The maximum Gasteiger partial charge on any atom is 0.167 e. The molecule has 0 unspecified atom stereocenters. The van der Waals surface area contributed by atoms with Gasteiger partial charge >= 0.3 is 0 Å². The van der Waals surface area contributed by atoms with Gasteiger partial charge in [0.1, 0.15) is 0 Å². The van der Waals surface area contributed by atoms with E-state index in [2.05, 4.69) is 16.1 Å². The minimum atomic E-state index is 0.528. The molecule has 0 atom stereocenters. The molecule has 1 aromatic heterocycles. The first-order valence-corrected chi connectivity index (χ1v) is 7.04. The van der Waals surface area contributed by atoms with E-state index in [0.29, 0.717) is 5.92 Å². The molecule has 1 aliphatic heterocycles. The SMILES string of the molecule is ClCCN1CCC(c2noc3ccccc23)CC1. The number of likely N-dealkylation sites (tertiary alicyclic amines) is 1. The predicted octanol–water partition coefficient (Wildman–Crippen LogP) is 3.25. The molecule has 1 aliphatic rings. The second kappa shape index (κ2) is 5.29. The lowest BCUT2D eigenvalue weighted by molar-refractivity contribution is 0.220. The van der Waals surface area contributed by atoms with Crippen LogP contribution in [0, 0.1) is 0 Å². The van der Waals surface area contributed by atoms with Gasteiger partial charge in [-0.25, -0.2) is 0 Å². The lowest BCUT2D eigenvalue weighted by Crippen LogP contribution is -2.34. The summed E-state index contributed by atoms with van der Waals surface area (Å²) >= 11 is 5.78. The number of hydrogen-bond donors (Lipinski definition) is 0. The van der Waals surface area contributed by atoms with Crippen molar-refractivity contribution in [1.82, 2.24) is 10.1 Å². The lowest BCUT2D eigenvalue weighted by Gasteiger charge is -2.30. The molecular formula is C14H17ClN2O. The van der Waals surface area contributed by atoms with E-state index < -0.39 is 0 Å². The third kappa shape index (κ3) is 2.25. The molecule has 4 heteroatoms. The molecule has 1 fully saturated rings. The van der Waals surface area contributed by atoms with Gasteiger partial charge in [-0.2, -0.15) is 0 Å². The molecular weight excluding hydrogens is 248 g/mol. The van der Waals surface area contributed by atoms with E-state index in [1.54, 1.807) is 0 Å². The smallest absolute Gasteiger partial charge is 0.167 e. The van der Waals surface area contributed by atoms with Crippen LogP contribution in [0.2, 0.25) is 0 Å². The molecule has 18 heavy (non-hydrogen) atoms. The Balaban J connectivity index is 1.76. The summed E-state index contributed by atoms with van der Waals surface area (Å²) in [6, 6.07) is 8.12. The van der Waals surface area contributed by atoms with Gasteiger partial charge in [-0.05, 0) is 38.1 Å². The van der Waals surface area contributed by atoms with Crippen LogP contribution in [0.15, 0.2) is 28.8 Å². The molecule has 0 spiro atoms. The fourth-order valence-electron chi connectivity index (χ4n) is 2.75. The number of piperidine rings is 1. The number of fused-ring (bicyclic) bond motifs is 1. The number of benzene rings is 1. The first-order chi connectivity index (χ1) is 8.88. The van der Waals surface area contributed by atoms with Crippen molar-refractivity contribution in [2.75, 3.05) is 25.5 Å². The highest BCUT2D eigenvalue weighted by atomic mass is 35.5. The van der Waals surface area contributed by atoms with Crippen molar-refractivity contribution < 1.29 is 4.52 Å². The van der Waals surface area contributed by atoms with Gasteiger partial charge in [0, 0.05) is 23.7 Å². The molecule has 3 nitrogen and oxygen atoms in total. The van der Waals surface area contributed by atoms with Crippen LogP contribution in [0.3, 0.4) is 0 Å². The average Bonchev–Trinajstić information content (AvgIpc) is 2.84. The summed E-state index contributed by atoms with van der Waals surface area (Å²) in [6.45, 7) is 3.21. The number of aromatic nitrogens is 1. The van der Waals surface area contributed by atoms with Gasteiger partial charge in [-0.1, -0.05) is 17.3 Å². The minimum Gasteiger partial charge on any atom is -0.356 e. The highest BCUT2D eigenvalue weighted by Gasteiger charge is 2.24. The topological polar surface area (TPSA) is 29.3 Å². The van der Waals surface area contributed by atoms with Crippen LogP contribution in [0.5, 0.6) is 0 Å². The van der Waals surface area contributed by atoms with Crippen molar-refractivity contribution in [1.29, 1.82) is 0 Å². The van der Waals surface area contributed by atoms with E-state index in [0.717, 1.165) is 49.6 Å². The minimum absolute atomic E-state index is 0.528. The van der Waals surface area contributed by atoms with Gasteiger partial charge < -0.3 is 9.42 Å². The molecule has 96 valence electrons. The first-order valence-electron chi connectivity index (χ1n) is 6.51. The molecule has 0 aliphatic carbocycles. The van der Waals surface area contributed by atoms with Crippen LogP contribution >= 0.6 is 11.6 Å². The van der Waals surface area contributed by atoms with Crippen LogP contribution in [0.1, 0.15) is 24.5 Å². The molecule has 0 radical (unpaired) electrons. The second-order valence-electron chi connectivity index (χ2n) is 4.87. The van der Waals surface area contributed by atoms with Crippen molar-refractivity contribution in [3.63, 3.8) is 0 Å². The lowest BCUT2D eigenvalue weighted by atomic mass is 9.92. The number of rotatable bonds is 3. The van der Waals surface area contributed by atoms with E-state index >= 15 is 0 Å². The Morgan fingerprint density at radius 3 is 2.83 bits per heavy atom. The van der Waals surface area contributed by atoms with Gasteiger partial charge in [0.2, 0.25) is 0 Å². The van der Waals surface area contributed by atoms with E-state index in [4.69, 9.17) is 16.1 Å². The zero-order valence-corrected chi connectivity index (χ0v) is 11.1. The maximum atomic E-state index is 5.78. The Morgan fingerprint density at radius 1 is 1.28 bits per heavy atom. The monoisotopic (exact) mass is 264 g/mol. The molecule has 1 aromatic carbocycles. The van der Waals surface area contributed by atoms with Crippen LogP contribution < -0.4 is 0 Å². The van der Waals surface area contributed by atoms with Crippen LogP contribution in [-0.2, 0) is 0 Å². The number of nitrogens with zero attached hydrogens (tertiary/aromatic N) is 2. The Bertz CT molecular complexity index is 517. The van der Waals surface area contributed by atoms with E-state index in [9.17, 15) is 0 Å². The Kier molecular flexibility index (Phi) is 3.52. The number of para-hydroxylation sites is 1. The zero-order valence-electron chi connectivity index (χ0n) is 10.3. The van der Waals surface area contributed by atoms with Crippen LogP contribution in [0.25, 0.3) is 11.0 Å². The highest BCUT2D eigenvalue weighted by molar-refractivity contribution is 6.18. The van der Waals surface area contributed by atoms with Crippen molar-refractivity contribution in [3.8, 4) is 0 Å². The average molecular weight is 265 g/mol. The van der Waals surface area contributed by atoms with Gasteiger partial charge in [0.15, 0.2) is 5.58 Å². The van der Waals surface area contributed by atoms with E-state index in [1.807, 2.05) is 18.2 Å². The third-order valence-corrected chi connectivity index (χ3v) is 3.95. The van der Waals surface area contributed by atoms with Gasteiger partial charge in [0.05, 0.1) is 5.69 Å². The zero-order chi connectivity index (χ0) is 12.4. The molecule has 2 heterocycles. The van der Waals surface area contributed by atoms with Gasteiger partial charge in [0.25, 0.3) is 0 Å². The van der Waals surface area contributed by atoms with Crippen molar-refractivity contribution in [3.05, 3.63) is 30.0 Å². The first kappa shape index (κ1) is 12.0. The molecule has 0 amide bonds. The summed E-state index contributed by atoms with van der Waals surface area (Å²) in [5.41, 5.74) is 2.03. The second-order valence-corrected chi connectivity index (χ2v) is 5.25. The normalized spacial score (nSPS) is 18.5. The molecule has 0 N–H and O–H groups in total. The van der Waals surface area contributed by atoms with Crippen molar-refractivity contribution >= 4 is 22.6 Å². The summed E-state index contributed by atoms with van der Waals surface area (Å²) in [4.78, 5) is 2.42. The molecule has 3 rings (SSSR count). The maximum absolute atomic E-state index is 5.78. The number of hydrogen-bond acceptors (Lipinski definition) is 3. The summed E-state index contributed by atoms with van der Waals surface area (Å²) in [6.07, 6.45) is 2.29. The highest BCUT2D eigenvalue weighted by Crippen LogP contribution is 2.32. The summed E-state index contributed by atoms with van der Waals surface area (Å²) in [5, 5.41) is 5.44. The van der Waals surface area contributed by atoms with Crippen molar-refractivity contribution in [2.24, 2.45) is 0 Å². The molecule has 0 saturated carbocycles. The fraction of sp³-hybridized carbons (Fsp3) is 0.500. The van der Waals surface area contributed by atoms with Crippen LogP contribution in [-0.4, -0.2) is 35.6 Å². The molecule has 1 saturated heterocycles. The molecule has 2 aromatic rings. The fourth-order valence-corrected chi connectivity index (χ4v) is 2.99. The van der Waals surface area contributed by atoms with Gasteiger partial charge in [-0.3, -0.25) is 0 Å². The number of alkyl halides is 1. The Labute approximate surface area is 112 Å². The summed E-state index contributed by atoms with van der Waals surface area (Å²) < 4.78 is 5.39. The number of halogens is 1. The van der Waals surface area contributed by atoms with Crippen LogP contribution in [0.4, 0.5) is 0 Å². The molecule has 0 bridgehead atoms. The third-order valence-electron chi connectivity index (χ3n) is 3.78.